The van der Waals surface area contributed by atoms with E-state index in [9.17, 15) is 0 Å². The van der Waals surface area contributed by atoms with Crippen molar-refractivity contribution >= 4 is 78.5 Å². The molecule has 0 saturated heterocycles. The molecule has 105 heavy (non-hydrogen) atoms. The van der Waals surface area contributed by atoms with Gasteiger partial charge in [-0.25, -0.2) is 0 Å². The summed E-state index contributed by atoms with van der Waals surface area (Å²) in [7, 11) is 0. The number of nitrogens with zero attached hydrogens (tertiary/aromatic N) is 4. The highest BCUT2D eigenvalue weighted by Crippen LogP contribution is 2.46. The third-order valence-corrected chi connectivity index (χ3v) is 21.6. The molecule has 5 aromatic heterocycles. The van der Waals surface area contributed by atoms with Gasteiger partial charge in [-0.2, -0.15) is 0 Å². The summed E-state index contributed by atoms with van der Waals surface area (Å²) in [6, 6.07) is 115. The van der Waals surface area contributed by atoms with Crippen LogP contribution in [-0.4, -0.2) is 19.5 Å². The van der Waals surface area contributed by atoms with E-state index in [0.29, 0.717) is 15.1 Å². The first-order chi connectivity index (χ1) is 51.5. The van der Waals surface area contributed by atoms with E-state index >= 15 is 0 Å². The molecule has 8 heteroatoms. The number of para-hydroxylation sites is 2. The van der Waals surface area contributed by atoms with E-state index in [1.807, 2.05) is 85.3 Å². The summed E-state index contributed by atoms with van der Waals surface area (Å²) in [6.45, 7) is 4.70. The van der Waals surface area contributed by atoms with Crippen molar-refractivity contribution in [2.45, 2.75) is 25.7 Å². The van der Waals surface area contributed by atoms with Crippen LogP contribution in [0.15, 0.2) is 351 Å². The summed E-state index contributed by atoms with van der Waals surface area (Å²) in [5.41, 5.74) is 29.0. The molecule has 0 aliphatic rings. The number of hydrogen-bond donors (Lipinski definition) is 0. The maximum Gasteiger partial charge on any atom is 0.136 e. The van der Waals surface area contributed by atoms with Crippen LogP contribution in [0.1, 0.15) is 25.0 Å². The fraction of sp³-hybridized carbons (Fsp3) is 0.0412. The number of hydrogen-bond acceptors (Lipinski definition) is 4. The van der Waals surface area contributed by atoms with Gasteiger partial charge in [0.15, 0.2) is 0 Å². The average Bonchev–Trinajstić information content (AvgIpc) is 1.45. The number of pyridine rings is 3. The maximum absolute atomic E-state index is 7.53. The molecule has 0 unspecified atom stereocenters. The molecule has 0 aliphatic carbocycles. The second kappa shape index (κ2) is 27.2. The topological polar surface area (TPSA) is 56.7 Å². The Labute approximate surface area is 624 Å². The van der Waals surface area contributed by atoms with Crippen LogP contribution in [0, 0.1) is 0 Å². The van der Waals surface area contributed by atoms with Crippen molar-refractivity contribution in [3.05, 3.63) is 372 Å². The molecule has 5 heterocycles. The largest absolute Gasteiger partial charge is 0.456 e. The Bertz CT molecular complexity index is 6360. The Kier molecular flexibility index (Phi) is 16.8. The highest BCUT2D eigenvalue weighted by atomic mass is 35.5. The molecule has 18 aromatic rings. The minimum Gasteiger partial charge on any atom is -0.456 e. The second-order valence-corrected chi connectivity index (χ2v) is 28.8. The Morgan fingerprint density at radius 2 is 0.733 bits per heavy atom. The lowest BCUT2D eigenvalue weighted by molar-refractivity contribution is 0.523. The number of fused-ring (bicyclic) bond motifs is 6. The van der Waals surface area contributed by atoms with Gasteiger partial charge in [-0.3, -0.25) is 15.0 Å². The minimum absolute atomic E-state index is 0.288. The molecule has 18 rings (SSSR count). The predicted molar refractivity (Wildman–Crippen MR) is 439 cm³/mol. The number of halogens is 3. The zero-order valence-corrected chi connectivity index (χ0v) is 59.7. The predicted octanol–water partition coefficient (Wildman–Crippen LogP) is 27.7. The van der Waals surface area contributed by atoms with E-state index in [0.717, 1.165) is 173 Å². The van der Waals surface area contributed by atoms with E-state index in [4.69, 9.17) is 54.2 Å². The molecule has 0 aliphatic heterocycles. The lowest BCUT2D eigenvalue weighted by Crippen LogP contribution is -2.20. The van der Waals surface area contributed by atoms with Crippen LogP contribution in [-0.2, 0) is 11.8 Å². The summed E-state index contributed by atoms with van der Waals surface area (Å²) in [6.07, 6.45) is 6.69. The van der Waals surface area contributed by atoms with Crippen molar-refractivity contribution in [3.63, 3.8) is 0 Å². The summed E-state index contributed by atoms with van der Waals surface area (Å²) < 4.78 is 8.77. The van der Waals surface area contributed by atoms with Crippen LogP contribution in [0.5, 0.6) is 0 Å². The van der Waals surface area contributed by atoms with Gasteiger partial charge in [0.25, 0.3) is 0 Å². The summed E-state index contributed by atoms with van der Waals surface area (Å²) in [4.78, 5) is 15.4. The van der Waals surface area contributed by atoms with E-state index in [1.165, 1.54) is 16.5 Å². The number of benzene rings is 13. The van der Waals surface area contributed by atoms with Crippen molar-refractivity contribution in [1.29, 1.82) is 0 Å². The van der Waals surface area contributed by atoms with E-state index in [1.54, 1.807) is 0 Å². The second-order valence-electron chi connectivity index (χ2n) is 27.6. The van der Waals surface area contributed by atoms with E-state index in [-0.39, 0.29) is 5.41 Å². The Morgan fingerprint density at radius 3 is 1.37 bits per heavy atom. The van der Waals surface area contributed by atoms with Gasteiger partial charge in [0, 0.05) is 111 Å². The third kappa shape index (κ3) is 12.3. The number of furan rings is 1. The molecule has 0 saturated carbocycles. The first-order valence-corrected chi connectivity index (χ1v) is 36.4. The summed E-state index contributed by atoms with van der Waals surface area (Å²) >= 11 is 21.4. The Morgan fingerprint density at radius 1 is 0.286 bits per heavy atom. The van der Waals surface area contributed by atoms with Crippen LogP contribution < -0.4 is 0 Å². The molecular formula is C97H65Cl3N4O. The molecule has 0 radical (unpaired) electrons. The standard InChI is InChI=1S/C97H65Cl3N4O/c1-97(2,57-61-33-47-93-82(49-61)83-51-69(44-48-94(83)104(93)73-25-10-5-11-26-73)80-55-90(66-21-8-4-9-22-66)101-58-84(80)74-27-12-15-30-87(74)98)72-24-18-23-71(50-72)92-54-79(65-38-34-63(35-39-65)62-19-6-3-7-20-62)86(60-103-92)76-45-42-68(52-89(76)100)64-36-40-67(41-37-64)91-56-81(85(59-102-91)75-28-13-16-31-88(75)99)70-43-46-78-77-29-14-17-32-95(77)105-96(78)53-70/h3-56,58-60H,57H2,1-2H3. The van der Waals surface area contributed by atoms with Gasteiger partial charge in [-0.1, -0.05) is 279 Å². The molecule has 500 valence electrons. The summed E-state index contributed by atoms with van der Waals surface area (Å²) in [5.74, 6) is 0. The Hall–Kier alpha value is -12.2. The first kappa shape index (κ1) is 64.8. The smallest absolute Gasteiger partial charge is 0.136 e. The van der Waals surface area contributed by atoms with Gasteiger partial charge < -0.3 is 8.98 Å². The van der Waals surface area contributed by atoms with Gasteiger partial charge in [0.2, 0.25) is 0 Å². The maximum atomic E-state index is 7.53. The Balaban J connectivity index is 0.668. The highest BCUT2D eigenvalue weighted by molar-refractivity contribution is 6.34. The summed E-state index contributed by atoms with van der Waals surface area (Å²) in [5, 5.41) is 6.46. The molecule has 0 fully saturated rings. The van der Waals surface area contributed by atoms with Crippen molar-refractivity contribution in [1.82, 2.24) is 19.5 Å². The van der Waals surface area contributed by atoms with Crippen LogP contribution in [0.4, 0.5) is 0 Å². The number of aromatic nitrogens is 4. The van der Waals surface area contributed by atoms with Crippen molar-refractivity contribution in [2.24, 2.45) is 0 Å². The van der Waals surface area contributed by atoms with Gasteiger partial charge in [0.05, 0.1) is 28.1 Å². The molecule has 13 aromatic carbocycles. The molecular weight excluding hydrogens is 1340 g/mol. The monoisotopic (exact) mass is 1410 g/mol. The van der Waals surface area contributed by atoms with Gasteiger partial charge in [-0.05, 0) is 176 Å². The lowest BCUT2D eigenvalue weighted by Gasteiger charge is -2.26. The normalized spacial score (nSPS) is 11.7. The van der Waals surface area contributed by atoms with Crippen LogP contribution >= 0.6 is 34.8 Å². The van der Waals surface area contributed by atoms with Gasteiger partial charge in [0.1, 0.15) is 11.2 Å². The highest BCUT2D eigenvalue weighted by Gasteiger charge is 2.26. The molecule has 0 spiro atoms. The van der Waals surface area contributed by atoms with Gasteiger partial charge >= 0.3 is 0 Å². The van der Waals surface area contributed by atoms with Crippen LogP contribution in [0.25, 0.3) is 172 Å². The van der Waals surface area contributed by atoms with E-state index < -0.39 is 0 Å². The molecule has 0 N–H and O–H groups in total. The quantitative estimate of drug-likeness (QED) is 0.103. The van der Waals surface area contributed by atoms with Crippen molar-refractivity contribution < 1.29 is 4.42 Å². The van der Waals surface area contributed by atoms with Crippen molar-refractivity contribution in [3.8, 4) is 128 Å². The zero-order chi connectivity index (χ0) is 70.7. The lowest BCUT2D eigenvalue weighted by atomic mass is 9.78. The van der Waals surface area contributed by atoms with Crippen LogP contribution in [0.3, 0.4) is 0 Å². The van der Waals surface area contributed by atoms with Crippen LogP contribution in [0.2, 0.25) is 15.1 Å². The molecule has 0 bridgehead atoms. The minimum atomic E-state index is -0.288. The number of rotatable bonds is 15. The molecule has 5 nitrogen and oxygen atoms in total. The van der Waals surface area contributed by atoms with E-state index in [2.05, 4.69) is 279 Å². The fourth-order valence-electron chi connectivity index (χ4n) is 15.2. The van der Waals surface area contributed by atoms with Crippen molar-refractivity contribution in [2.75, 3.05) is 0 Å². The third-order valence-electron chi connectivity index (χ3n) is 20.6. The van der Waals surface area contributed by atoms with Gasteiger partial charge in [-0.15, -0.1) is 0 Å². The fourth-order valence-corrected chi connectivity index (χ4v) is 16.0. The zero-order valence-electron chi connectivity index (χ0n) is 57.4. The average molecular weight is 1410 g/mol. The molecule has 0 amide bonds. The SMILES string of the molecule is CC(C)(Cc1ccc2c(c1)c1cc(-c3cc(-c4ccccc4)ncc3-c3ccccc3Cl)ccc1n2-c1ccccc1)c1cccc(-c2cc(-c3ccc(-c4ccccc4)cc3)c(-c3ccc(-c4ccc(-c5cc(-c6ccc7c(c6)oc6ccccc67)c(-c6ccccc6Cl)cn5)cc4)cc3Cl)cn2)c1. The molecule has 0 atom stereocenters. The first-order valence-electron chi connectivity index (χ1n) is 35.3.